The summed E-state index contributed by atoms with van der Waals surface area (Å²) in [6, 6.07) is 2.30. The first-order valence-electron chi connectivity index (χ1n) is 11.0. The molecule has 2 fully saturated rings. The molecule has 4 aliphatic rings. The van der Waals surface area contributed by atoms with Crippen LogP contribution >= 0.6 is 11.6 Å². The maximum absolute atomic E-state index is 14.2. The van der Waals surface area contributed by atoms with Crippen LogP contribution in [0.3, 0.4) is 0 Å². The summed E-state index contributed by atoms with van der Waals surface area (Å²) in [7, 11) is 0. The fourth-order valence-corrected chi connectivity index (χ4v) is 5.20. The molecule has 2 saturated heterocycles. The molecule has 0 spiro atoms. The first kappa shape index (κ1) is 21.6. The molecule has 2 amide bonds. The molecule has 0 bridgehead atoms. The molecular formula is C22H26ClF2N5O2. The molecule has 0 aromatic heterocycles. The maximum atomic E-state index is 14.2. The van der Waals surface area contributed by atoms with Crippen LogP contribution in [0.1, 0.15) is 25.3 Å². The van der Waals surface area contributed by atoms with E-state index >= 15 is 0 Å². The number of rotatable bonds is 4. The van der Waals surface area contributed by atoms with Gasteiger partial charge in [-0.3, -0.25) is 15.1 Å². The number of likely N-dealkylation sites (tertiary alicyclic amines) is 1. The van der Waals surface area contributed by atoms with Gasteiger partial charge in [0.1, 0.15) is 24.1 Å². The Labute approximate surface area is 190 Å². The molecular weight excluding hydrogens is 440 g/mol. The van der Waals surface area contributed by atoms with Crippen molar-refractivity contribution < 1.29 is 18.3 Å². The number of amides is 2. The van der Waals surface area contributed by atoms with Crippen LogP contribution in [0.2, 0.25) is 5.02 Å². The number of hydrogen-bond acceptors (Lipinski definition) is 5. The molecule has 2 atom stereocenters. The van der Waals surface area contributed by atoms with E-state index in [0.29, 0.717) is 37.5 Å². The van der Waals surface area contributed by atoms with Crippen molar-refractivity contribution in [3.8, 4) is 0 Å². The van der Waals surface area contributed by atoms with Crippen LogP contribution in [0.5, 0.6) is 0 Å². The molecule has 1 N–H and O–H groups in total. The van der Waals surface area contributed by atoms with Crippen LogP contribution in [-0.4, -0.2) is 65.6 Å². The summed E-state index contributed by atoms with van der Waals surface area (Å²) >= 11 is 6.01. The number of halogens is 3. The van der Waals surface area contributed by atoms with E-state index in [9.17, 15) is 13.6 Å². The Bertz CT molecular complexity index is 981. The molecule has 172 valence electrons. The SMILES string of the molecule is CC1CN(Cc2c(F)ccc(F)c2Cl)CC1C1=NC2=CN(C3CCOCC3)CN2C(=O)N1. The van der Waals surface area contributed by atoms with Gasteiger partial charge in [-0.25, -0.2) is 18.6 Å². The van der Waals surface area contributed by atoms with E-state index in [0.717, 1.165) is 38.2 Å². The monoisotopic (exact) mass is 465 g/mol. The van der Waals surface area contributed by atoms with Gasteiger partial charge in [0.15, 0.2) is 5.82 Å². The summed E-state index contributed by atoms with van der Waals surface area (Å²) in [6.07, 6.45) is 3.83. The van der Waals surface area contributed by atoms with Gasteiger partial charge < -0.3 is 9.64 Å². The zero-order valence-electron chi connectivity index (χ0n) is 17.9. The molecule has 4 heterocycles. The Kier molecular flexibility index (Phi) is 5.81. The number of carbonyl (C=O) groups is 1. The van der Waals surface area contributed by atoms with Crippen LogP contribution in [0.4, 0.5) is 13.6 Å². The lowest BCUT2D eigenvalue weighted by atomic mass is 9.96. The Morgan fingerprint density at radius 3 is 2.75 bits per heavy atom. The minimum Gasteiger partial charge on any atom is -0.381 e. The van der Waals surface area contributed by atoms with Gasteiger partial charge in [-0.05, 0) is 30.9 Å². The minimum atomic E-state index is -0.627. The van der Waals surface area contributed by atoms with Gasteiger partial charge in [-0.1, -0.05) is 18.5 Å². The summed E-state index contributed by atoms with van der Waals surface area (Å²) < 4.78 is 33.5. The van der Waals surface area contributed by atoms with Crippen LogP contribution in [0, 0.1) is 23.5 Å². The molecule has 32 heavy (non-hydrogen) atoms. The topological polar surface area (TPSA) is 60.4 Å². The minimum absolute atomic E-state index is 0.0190. The number of amidine groups is 1. The second kappa shape index (κ2) is 8.61. The van der Waals surface area contributed by atoms with Gasteiger partial charge >= 0.3 is 6.03 Å². The van der Waals surface area contributed by atoms with E-state index in [1.54, 1.807) is 4.90 Å². The number of hydrogen-bond donors (Lipinski definition) is 1. The predicted octanol–water partition coefficient (Wildman–Crippen LogP) is 3.36. The summed E-state index contributed by atoms with van der Waals surface area (Å²) in [5.74, 6) is 0.306. The highest BCUT2D eigenvalue weighted by Crippen LogP contribution is 2.32. The molecule has 1 aromatic rings. The second-order valence-corrected chi connectivity index (χ2v) is 9.32. The standard InChI is InChI=1S/C22H26ClF2N5O2/c1-13-8-28(10-16-17(24)2-3-18(25)20(16)23)9-15(13)21-26-19-11-29(12-30(19)22(31)27-21)14-4-6-32-7-5-14/h2-3,11,13-15H,4-10,12H2,1H3,(H,26,27,31). The lowest BCUT2D eigenvalue weighted by molar-refractivity contribution is 0.0459. The molecule has 10 heteroatoms. The zero-order valence-corrected chi connectivity index (χ0v) is 18.6. The van der Waals surface area contributed by atoms with Gasteiger partial charge in [0.2, 0.25) is 0 Å². The van der Waals surface area contributed by atoms with Crippen molar-refractivity contribution >= 4 is 23.5 Å². The third-order valence-corrected chi connectivity index (χ3v) is 7.21. The molecule has 5 rings (SSSR count). The van der Waals surface area contributed by atoms with Gasteiger partial charge in [-0.2, -0.15) is 0 Å². The summed E-state index contributed by atoms with van der Waals surface area (Å²) in [4.78, 5) is 23.4. The number of nitrogens with zero attached hydrogens (tertiary/aromatic N) is 4. The van der Waals surface area contributed by atoms with Crippen molar-refractivity contribution in [1.82, 2.24) is 20.0 Å². The first-order chi connectivity index (χ1) is 15.4. The smallest absolute Gasteiger partial charge is 0.329 e. The normalized spacial score (nSPS) is 26.8. The van der Waals surface area contributed by atoms with E-state index in [4.69, 9.17) is 21.3 Å². The third-order valence-electron chi connectivity index (χ3n) is 6.80. The molecule has 1 aromatic carbocycles. The highest BCUT2D eigenvalue weighted by atomic mass is 35.5. The van der Waals surface area contributed by atoms with E-state index in [1.165, 1.54) is 0 Å². The Morgan fingerprint density at radius 2 is 1.97 bits per heavy atom. The predicted molar refractivity (Wildman–Crippen MR) is 116 cm³/mol. The number of benzene rings is 1. The number of fused-ring (bicyclic) bond motifs is 1. The number of aliphatic imine (C=N–C) groups is 1. The fraction of sp³-hybridized carbons (Fsp3) is 0.545. The molecule has 4 aliphatic heterocycles. The molecule has 0 aliphatic carbocycles. The fourth-order valence-electron chi connectivity index (χ4n) is 4.98. The van der Waals surface area contributed by atoms with Crippen molar-refractivity contribution in [3.63, 3.8) is 0 Å². The van der Waals surface area contributed by atoms with E-state index in [1.807, 2.05) is 11.1 Å². The van der Waals surface area contributed by atoms with Gasteiger partial charge in [0.05, 0.1) is 5.02 Å². The van der Waals surface area contributed by atoms with Crippen molar-refractivity contribution in [2.24, 2.45) is 16.8 Å². The van der Waals surface area contributed by atoms with Gasteiger partial charge in [0.25, 0.3) is 0 Å². The zero-order chi connectivity index (χ0) is 22.4. The number of carbonyl (C=O) groups excluding carboxylic acids is 1. The highest BCUT2D eigenvalue weighted by molar-refractivity contribution is 6.31. The number of nitrogens with one attached hydrogen (secondary N) is 1. The average Bonchev–Trinajstić information content (AvgIpc) is 3.38. The molecule has 0 saturated carbocycles. The lowest BCUT2D eigenvalue weighted by Crippen LogP contribution is -2.50. The third kappa shape index (κ3) is 3.97. The van der Waals surface area contributed by atoms with Gasteiger partial charge in [-0.15, -0.1) is 0 Å². The maximum Gasteiger partial charge on any atom is 0.329 e. The summed E-state index contributed by atoms with van der Waals surface area (Å²) in [5.41, 5.74) is 0.158. The number of ether oxygens (including phenoxy) is 1. The quantitative estimate of drug-likeness (QED) is 0.693. The van der Waals surface area contributed by atoms with Crippen molar-refractivity contribution in [2.45, 2.75) is 32.4 Å². The molecule has 7 nitrogen and oxygen atoms in total. The van der Waals surface area contributed by atoms with E-state index in [-0.39, 0.29) is 35.0 Å². The first-order valence-corrected chi connectivity index (χ1v) is 11.4. The van der Waals surface area contributed by atoms with E-state index < -0.39 is 11.6 Å². The van der Waals surface area contributed by atoms with Crippen LogP contribution in [-0.2, 0) is 11.3 Å². The second-order valence-electron chi connectivity index (χ2n) is 8.94. The summed E-state index contributed by atoms with van der Waals surface area (Å²) in [6.45, 7) is 5.48. The molecule has 0 radical (unpaired) electrons. The largest absolute Gasteiger partial charge is 0.381 e. The van der Waals surface area contributed by atoms with Crippen LogP contribution < -0.4 is 5.32 Å². The highest BCUT2D eigenvalue weighted by Gasteiger charge is 2.40. The van der Waals surface area contributed by atoms with E-state index in [2.05, 4.69) is 17.1 Å². The Hall–Kier alpha value is -2.23. The molecule has 2 unspecified atom stereocenters. The van der Waals surface area contributed by atoms with Gasteiger partial charge in [0, 0.05) is 56.6 Å². The summed E-state index contributed by atoms with van der Waals surface area (Å²) in [5, 5.41) is 2.78. The van der Waals surface area contributed by atoms with Crippen molar-refractivity contribution in [2.75, 3.05) is 33.0 Å². The Morgan fingerprint density at radius 1 is 1.22 bits per heavy atom. The van der Waals surface area contributed by atoms with Crippen molar-refractivity contribution in [3.05, 3.63) is 46.4 Å². The van der Waals surface area contributed by atoms with Crippen LogP contribution in [0.25, 0.3) is 0 Å². The average molecular weight is 466 g/mol. The van der Waals surface area contributed by atoms with Crippen molar-refractivity contribution in [1.29, 1.82) is 0 Å². The number of urea groups is 1. The van der Waals surface area contributed by atoms with Crippen LogP contribution in [0.15, 0.2) is 29.1 Å². The lowest BCUT2D eigenvalue weighted by Gasteiger charge is -2.32. The Balaban J connectivity index is 1.31.